The number of Topliss-reactive ketones (excluding diaryl/α,β-unsaturated/α-hetero) is 1. The Kier molecular flexibility index (Phi) is 3.38. The first kappa shape index (κ1) is 11.3. The maximum absolute atomic E-state index is 11.3. The fourth-order valence-electron chi connectivity index (χ4n) is 1.65. The van der Waals surface area contributed by atoms with Gasteiger partial charge in [0.15, 0.2) is 5.78 Å². The molecule has 1 aromatic rings. The molecular formula is C10H12BrN3O2. The third-order valence-electron chi connectivity index (χ3n) is 2.43. The van der Waals surface area contributed by atoms with Gasteiger partial charge in [0.05, 0.1) is 24.3 Å². The van der Waals surface area contributed by atoms with Gasteiger partial charge in [-0.2, -0.15) is 4.98 Å². The predicted molar refractivity (Wildman–Crippen MR) is 62.7 cm³/mol. The average Bonchev–Trinajstić information content (AvgIpc) is 2.29. The summed E-state index contributed by atoms with van der Waals surface area (Å²) in [6, 6.07) is 0. The Balaban J connectivity index is 2.22. The number of rotatable bonds is 2. The zero-order valence-electron chi connectivity index (χ0n) is 8.94. The van der Waals surface area contributed by atoms with Gasteiger partial charge >= 0.3 is 0 Å². The minimum Gasteiger partial charge on any atom is -0.480 e. The van der Waals surface area contributed by atoms with E-state index in [1.807, 2.05) is 4.90 Å². The van der Waals surface area contributed by atoms with Gasteiger partial charge in [0, 0.05) is 13.0 Å². The second-order valence-corrected chi connectivity index (χ2v) is 4.45. The Hall–Kier alpha value is -1.17. The van der Waals surface area contributed by atoms with Crippen LogP contribution in [0, 0.1) is 0 Å². The van der Waals surface area contributed by atoms with Gasteiger partial charge in [-0.15, -0.1) is 0 Å². The molecule has 1 aromatic heterocycles. The number of anilines is 1. The lowest BCUT2D eigenvalue weighted by Crippen LogP contribution is -2.36. The Morgan fingerprint density at radius 3 is 3.06 bits per heavy atom. The highest BCUT2D eigenvalue weighted by Gasteiger charge is 2.20. The summed E-state index contributed by atoms with van der Waals surface area (Å²) in [6.45, 7) is 1.21. The number of carbonyl (C=O) groups is 1. The fraction of sp³-hybridized carbons (Fsp3) is 0.500. The third-order valence-corrected chi connectivity index (χ3v) is 2.97. The van der Waals surface area contributed by atoms with Crippen molar-refractivity contribution < 1.29 is 9.53 Å². The largest absolute Gasteiger partial charge is 0.480 e. The normalized spacial score (nSPS) is 16.4. The molecule has 1 aliphatic heterocycles. The van der Waals surface area contributed by atoms with E-state index in [9.17, 15) is 4.79 Å². The van der Waals surface area contributed by atoms with Crippen molar-refractivity contribution in [3.63, 3.8) is 0 Å². The van der Waals surface area contributed by atoms with Crippen LogP contribution in [0.4, 0.5) is 5.95 Å². The van der Waals surface area contributed by atoms with E-state index in [4.69, 9.17) is 4.74 Å². The maximum Gasteiger partial charge on any atom is 0.232 e. The fourth-order valence-corrected chi connectivity index (χ4v) is 2.00. The average molecular weight is 286 g/mol. The lowest BCUT2D eigenvalue weighted by Gasteiger charge is -2.25. The van der Waals surface area contributed by atoms with Gasteiger partial charge in [0.1, 0.15) is 0 Å². The molecule has 0 saturated carbocycles. The molecule has 0 N–H and O–H groups in total. The minimum atomic E-state index is 0.233. The monoisotopic (exact) mass is 285 g/mol. The van der Waals surface area contributed by atoms with E-state index in [0.717, 1.165) is 13.0 Å². The number of aromatic nitrogens is 2. The van der Waals surface area contributed by atoms with Crippen molar-refractivity contribution in [1.29, 1.82) is 0 Å². The Morgan fingerprint density at radius 1 is 1.56 bits per heavy atom. The molecular weight excluding hydrogens is 274 g/mol. The van der Waals surface area contributed by atoms with E-state index < -0.39 is 0 Å². The molecule has 2 heterocycles. The first-order valence-electron chi connectivity index (χ1n) is 5.04. The molecule has 2 rings (SSSR count). The molecule has 16 heavy (non-hydrogen) atoms. The Morgan fingerprint density at radius 2 is 2.38 bits per heavy atom. The van der Waals surface area contributed by atoms with Crippen molar-refractivity contribution in [1.82, 2.24) is 9.97 Å². The van der Waals surface area contributed by atoms with Gasteiger partial charge in [-0.1, -0.05) is 0 Å². The summed E-state index contributed by atoms with van der Waals surface area (Å²) >= 11 is 3.29. The van der Waals surface area contributed by atoms with Crippen molar-refractivity contribution in [2.24, 2.45) is 0 Å². The highest BCUT2D eigenvalue weighted by atomic mass is 79.9. The molecule has 1 fully saturated rings. The molecule has 6 heteroatoms. The van der Waals surface area contributed by atoms with Crippen LogP contribution in [0.15, 0.2) is 10.7 Å². The van der Waals surface area contributed by atoms with Gasteiger partial charge in [-0.3, -0.25) is 4.79 Å². The molecule has 0 atom stereocenters. The SMILES string of the molecule is COc1nc(N2CCCC(=O)C2)ncc1Br. The number of piperidine rings is 1. The number of nitrogens with zero attached hydrogens (tertiary/aromatic N) is 3. The van der Waals surface area contributed by atoms with E-state index >= 15 is 0 Å². The van der Waals surface area contributed by atoms with E-state index in [1.54, 1.807) is 13.3 Å². The summed E-state index contributed by atoms with van der Waals surface area (Å²) in [5.41, 5.74) is 0. The molecule has 0 aromatic carbocycles. The van der Waals surface area contributed by atoms with Gasteiger partial charge in [0.2, 0.25) is 11.8 Å². The van der Waals surface area contributed by atoms with Gasteiger partial charge < -0.3 is 9.64 Å². The van der Waals surface area contributed by atoms with Crippen molar-refractivity contribution in [2.45, 2.75) is 12.8 Å². The molecule has 86 valence electrons. The summed E-state index contributed by atoms with van der Waals surface area (Å²) in [4.78, 5) is 21.6. The topological polar surface area (TPSA) is 55.3 Å². The zero-order chi connectivity index (χ0) is 11.5. The van der Waals surface area contributed by atoms with E-state index in [-0.39, 0.29) is 5.78 Å². The lowest BCUT2D eigenvalue weighted by molar-refractivity contribution is -0.118. The van der Waals surface area contributed by atoms with Crippen molar-refractivity contribution >= 4 is 27.7 Å². The summed E-state index contributed by atoms with van der Waals surface area (Å²) in [6.07, 6.45) is 3.16. The quantitative estimate of drug-likeness (QED) is 0.823. The number of carbonyl (C=O) groups excluding carboxylic acids is 1. The summed E-state index contributed by atoms with van der Waals surface area (Å²) in [7, 11) is 1.55. The van der Waals surface area contributed by atoms with Crippen LogP contribution in [0.25, 0.3) is 0 Å². The van der Waals surface area contributed by atoms with Gasteiger partial charge in [0.25, 0.3) is 0 Å². The van der Waals surface area contributed by atoms with Crippen LogP contribution >= 0.6 is 15.9 Å². The summed E-state index contributed by atoms with van der Waals surface area (Å²) < 4.78 is 5.80. The molecule has 0 spiro atoms. The molecule has 1 saturated heterocycles. The van der Waals surface area contributed by atoms with Crippen LogP contribution in [-0.4, -0.2) is 36.0 Å². The number of hydrogen-bond acceptors (Lipinski definition) is 5. The molecule has 0 radical (unpaired) electrons. The number of hydrogen-bond donors (Lipinski definition) is 0. The van der Waals surface area contributed by atoms with Crippen LogP contribution < -0.4 is 9.64 Å². The predicted octanol–water partition coefficient (Wildman–Crippen LogP) is 1.42. The van der Waals surface area contributed by atoms with E-state index in [1.165, 1.54) is 0 Å². The minimum absolute atomic E-state index is 0.233. The van der Waals surface area contributed by atoms with Gasteiger partial charge in [-0.25, -0.2) is 4.98 Å². The molecule has 0 aliphatic carbocycles. The summed E-state index contributed by atoms with van der Waals surface area (Å²) in [5.74, 6) is 1.27. The first-order chi connectivity index (χ1) is 7.70. The Bertz CT molecular complexity index is 411. The third kappa shape index (κ3) is 2.32. The maximum atomic E-state index is 11.3. The number of ether oxygens (including phenoxy) is 1. The number of methoxy groups -OCH3 is 1. The second kappa shape index (κ2) is 4.78. The highest BCUT2D eigenvalue weighted by Crippen LogP contribution is 2.24. The summed E-state index contributed by atoms with van der Waals surface area (Å²) in [5, 5.41) is 0. The van der Waals surface area contributed by atoms with Crippen LogP contribution in [0.5, 0.6) is 5.88 Å². The lowest BCUT2D eigenvalue weighted by atomic mass is 10.1. The highest BCUT2D eigenvalue weighted by molar-refractivity contribution is 9.10. The molecule has 0 bridgehead atoms. The van der Waals surface area contributed by atoms with E-state index in [0.29, 0.717) is 29.3 Å². The van der Waals surface area contributed by atoms with Crippen LogP contribution in [0.1, 0.15) is 12.8 Å². The van der Waals surface area contributed by atoms with Crippen LogP contribution in [0.3, 0.4) is 0 Å². The van der Waals surface area contributed by atoms with Crippen molar-refractivity contribution in [2.75, 3.05) is 25.1 Å². The standard InChI is InChI=1S/C10H12BrN3O2/c1-16-9-8(11)5-12-10(13-9)14-4-2-3-7(15)6-14/h5H,2-4,6H2,1H3. The Labute approximate surface area is 102 Å². The molecule has 0 amide bonds. The zero-order valence-corrected chi connectivity index (χ0v) is 10.5. The van der Waals surface area contributed by atoms with E-state index in [2.05, 4.69) is 25.9 Å². The molecule has 1 aliphatic rings. The molecule has 5 nitrogen and oxygen atoms in total. The smallest absolute Gasteiger partial charge is 0.232 e. The number of ketones is 1. The number of halogens is 1. The second-order valence-electron chi connectivity index (χ2n) is 3.59. The van der Waals surface area contributed by atoms with Gasteiger partial charge in [-0.05, 0) is 22.4 Å². The van der Waals surface area contributed by atoms with Crippen LogP contribution in [-0.2, 0) is 4.79 Å². The first-order valence-corrected chi connectivity index (χ1v) is 5.83. The molecule has 0 unspecified atom stereocenters. The van der Waals surface area contributed by atoms with Crippen LogP contribution in [0.2, 0.25) is 0 Å². The van der Waals surface area contributed by atoms with Crippen molar-refractivity contribution in [3.05, 3.63) is 10.7 Å². The van der Waals surface area contributed by atoms with Crippen molar-refractivity contribution in [3.8, 4) is 5.88 Å².